The first-order chi connectivity index (χ1) is 17.9. The summed E-state index contributed by atoms with van der Waals surface area (Å²) in [5.41, 5.74) is 7.25. The maximum Gasteiger partial charge on any atom is 0.291 e. The van der Waals surface area contributed by atoms with Gasteiger partial charge in [0.2, 0.25) is 0 Å². The zero-order valence-electron chi connectivity index (χ0n) is 20.7. The highest BCUT2D eigenvalue weighted by molar-refractivity contribution is 9.12. The molecule has 200 valence electrons. The molecule has 0 unspecified atom stereocenters. The molecule has 0 saturated carbocycles. The third-order valence-corrected chi connectivity index (χ3v) is 5.70. The second kappa shape index (κ2) is 11.5. The first kappa shape index (κ1) is 27.9. The standard InChI is InChI=1S/C22H26BrN11O4/c1-8-12(29-22(38)18-28-11(4)17(30-18)32-19(35)10(3)23)7-27-14(8)21(37)31-16-9(2)15(33-34-16)20(36)26-6-5-13(24)25/h7,27H,3,5-6H2,1-2,4H3,(H3,24,25)(H,26,36)(H,28,30)(H,29,38)(H,32,35)(H2,31,33,34,37). The zero-order valence-corrected chi connectivity index (χ0v) is 22.3. The number of imidazole rings is 1. The summed E-state index contributed by atoms with van der Waals surface area (Å²) in [6.07, 6.45) is 1.65. The molecule has 0 spiro atoms. The second-order valence-corrected chi connectivity index (χ2v) is 9.09. The predicted molar refractivity (Wildman–Crippen MR) is 144 cm³/mol. The van der Waals surface area contributed by atoms with Crippen LogP contribution < -0.4 is 27.0 Å². The third-order valence-electron chi connectivity index (χ3n) is 5.34. The Morgan fingerprint density at radius 1 is 1.03 bits per heavy atom. The molecule has 0 atom stereocenters. The van der Waals surface area contributed by atoms with Gasteiger partial charge < -0.3 is 37.0 Å². The van der Waals surface area contributed by atoms with Gasteiger partial charge in [0.1, 0.15) is 11.4 Å². The Balaban J connectivity index is 1.67. The van der Waals surface area contributed by atoms with Crippen molar-refractivity contribution in [1.82, 2.24) is 30.5 Å². The summed E-state index contributed by atoms with van der Waals surface area (Å²) in [7, 11) is 0. The van der Waals surface area contributed by atoms with Crippen LogP contribution in [0.5, 0.6) is 0 Å². The van der Waals surface area contributed by atoms with E-state index in [1.54, 1.807) is 20.8 Å². The van der Waals surface area contributed by atoms with Gasteiger partial charge in [-0.05, 0) is 36.7 Å². The highest BCUT2D eigenvalue weighted by Gasteiger charge is 2.22. The average molecular weight is 588 g/mol. The monoisotopic (exact) mass is 587 g/mol. The minimum atomic E-state index is -0.594. The topological polar surface area (TPSA) is 239 Å². The van der Waals surface area contributed by atoms with Gasteiger partial charge in [-0.1, -0.05) is 6.58 Å². The number of nitrogens with one attached hydrogen (secondary N) is 8. The molecule has 4 amide bonds. The van der Waals surface area contributed by atoms with Gasteiger partial charge in [-0.3, -0.25) is 29.7 Å². The molecule has 3 rings (SSSR count). The lowest BCUT2D eigenvalue weighted by Crippen LogP contribution is -2.28. The fraction of sp³-hybridized carbons (Fsp3) is 0.227. The van der Waals surface area contributed by atoms with E-state index in [2.05, 4.69) is 68.9 Å². The van der Waals surface area contributed by atoms with Crippen molar-refractivity contribution >= 4 is 62.7 Å². The SMILES string of the molecule is C=C(Br)C(=O)Nc1nc(C(=O)Nc2c[nH]c(C(=O)Nc3n[nH]c(C(=O)NCCC(=N)N)c3C)c2C)[nH]c1C. The van der Waals surface area contributed by atoms with Crippen molar-refractivity contribution in [3.05, 3.63) is 51.3 Å². The number of hydrogen-bond donors (Lipinski definition) is 9. The number of aromatic amines is 3. The van der Waals surface area contributed by atoms with Gasteiger partial charge >= 0.3 is 0 Å². The molecule has 0 aliphatic rings. The van der Waals surface area contributed by atoms with Crippen LogP contribution in [0.2, 0.25) is 0 Å². The van der Waals surface area contributed by atoms with Crippen LogP contribution in [-0.2, 0) is 4.79 Å². The van der Waals surface area contributed by atoms with E-state index in [0.717, 1.165) is 0 Å². The highest BCUT2D eigenvalue weighted by atomic mass is 79.9. The van der Waals surface area contributed by atoms with E-state index < -0.39 is 23.6 Å². The van der Waals surface area contributed by atoms with E-state index in [4.69, 9.17) is 11.1 Å². The number of hydrogen-bond acceptors (Lipinski definition) is 7. The van der Waals surface area contributed by atoms with Crippen LogP contribution in [0.25, 0.3) is 0 Å². The molecule has 3 heterocycles. The van der Waals surface area contributed by atoms with Crippen molar-refractivity contribution < 1.29 is 19.2 Å². The Morgan fingerprint density at radius 2 is 1.74 bits per heavy atom. The fourth-order valence-corrected chi connectivity index (χ4v) is 3.32. The van der Waals surface area contributed by atoms with Crippen molar-refractivity contribution in [2.24, 2.45) is 5.73 Å². The van der Waals surface area contributed by atoms with E-state index in [-0.39, 0.29) is 52.1 Å². The van der Waals surface area contributed by atoms with Crippen LogP contribution in [-0.4, -0.2) is 61.2 Å². The first-order valence-electron chi connectivity index (χ1n) is 11.1. The summed E-state index contributed by atoms with van der Waals surface area (Å²) in [6, 6.07) is 0. The normalized spacial score (nSPS) is 10.5. The number of halogens is 1. The van der Waals surface area contributed by atoms with Crippen LogP contribution in [0, 0.1) is 26.2 Å². The molecule has 0 aliphatic carbocycles. The molecule has 3 aromatic rings. The molecule has 16 heteroatoms. The van der Waals surface area contributed by atoms with Crippen LogP contribution in [0.4, 0.5) is 17.3 Å². The minimum absolute atomic E-state index is 0.0501. The Labute approximate surface area is 224 Å². The molecule has 0 aromatic carbocycles. The van der Waals surface area contributed by atoms with Crippen LogP contribution in [0.1, 0.15) is 54.8 Å². The van der Waals surface area contributed by atoms with E-state index in [1.165, 1.54) is 6.20 Å². The predicted octanol–water partition coefficient (Wildman–Crippen LogP) is 1.79. The summed E-state index contributed by atoms with van der Waals surface area (Å²) < 4.78 is 0.105. The Hall–Kier alpha value is -4.73. The Kier molecular flexibility index (Phi) is 8.46. The van der Waals surface area contributed by atoms with Gasteiger partial charge in [-0.15, -0.1) is 0 Å². The largest absolute Gasteiger partial charge is 0.388 e. The number of nitrogens with two attached hydrogens (primary N) is 1. The van der Waals surface area contributed by atoms with Crippen molar-refractivity contribution in [1.29, 1.82) is 5.41 Å². The lowest BCUT2D eigenvalue weighted by atomic mass is 10.2. The molecule has 0 fully saturated rings. The fourth-order valence-electron chi connectivity index (χ4n) is 3.22. The van der Waals surface area contributed by atoms with Crippen molar-refractivity contribution in [3.8, 4) is 0 Å². The molecule has 0 aliphatic heterocycles. The number of H-pyrrole nitrogens is 3. The van der Waals surface area contributed by atoms with Crippen molar-refractivity contribution in [3.63, 3.8) is 0 Å². The maximum absolute atomic E-state index is 12.9. The van der Waals surface area contributed by atoms with Gasteiger partial charge in [-0.25, -0.2) is 4.98 Å². The summed E-state index contributed by atoms with van der Waals surface area (Å²) in [5, 5.41) is 24.2. The smallest absolute Gasteiger partial charge is 0.291 e. The average Bonchev–Trinajstić information content (AvgIpc) is 3.51. The van der Waals surface area contributed by atoms with E-state index >= 15 is 0 Å². The number of aryl methyl sites for hydroxylation is 1. The van der Waals surface area contributed by atoms with Crippen LogP contribution >= 0.6 is 15.9 Å². The number of carbonyl (C=O) groups is 4. The number of amides is 4. The van der Waals surface area contributed by atoms with Gasteiger partial charge in [0, 0.05) is 30.3 Å². The molecular formula is C22H26BrN11O4. The molecule has 15 nitrogen and oxygen atoms in total. The number of rotatable bonds is 10. The second-order valence-electron chi connectivity index (χ2n) is 8.13. The van der Waals surface area contributed by atoms with Crippen LogP contribution in [0.15, 0.2) is 17.3 Å². The summed E-state index contributed by atoms with van der Waals surface area (Å²) in [4.78, 5) is 59.4. The lowest BCUT2D eigenvalue weighted by molar-refractivity contribution is -0.112. The van der Waals surface area contributed by atoms with Crippen molar-refractivity contribution in [2.45, 2.75) is 27.2 Å². The summed E-state index contributed by atoms with van der Waals surface area (Å²) >= 11 is 2.98. The van der Waals surface area contributed by atoms with Crippen LogP contribution in [0.3, 0.4) is 0 Å². The summed E-state index contributed by atoms with van der Waals surface area (Å²) in [6.45, 7) is 8.55. The minimum Gasteiger partial charge on any atom is -0.388 e. The number of anilines is 3. The van der Waals surface area contributed by atoms with E-state index in [0.29, 0.717) is 22.5 Å². The number of nitrogens with zero attached hydrogens (tertiary/aromatic N) is 2. The number of amidine groups is 1. The molecule has 10 N–H and O–H groups in total. The quantitative estimate of drug-likeness (QED) is 0.0965. The third kappa shape index (κ3) is 6.33. The molecular weight excluding hydrogens is 562 g/mol. The highest BCUT2D eigenvalue weighted by Crippen LogP contribution is 2.22. The molecule has 0 bridgehead atoms. The van der Waals surface area contributed by atoms with E-state index in [9.17, 15) is 19.2 Å². The van der Waals surface area contributed by atoms with Gasteiger partial charge in [-0.2, -0.15) is 5.10 Å². The van der Waals surface area contributed by atoms with Gasteiger partial charge in [0.25, 0.3) is 23.6 Å². The number of aromatic nitrogens is 5. The van der Waals surface area contributed by atoms with E-state index in [1.807, 2.05) is 0 Å². The molecule has 0 radical (unpaired) electrons. The summed E-state index contributed by atoms with van der Waals surface area (Å²) in [5.74, 6) is -1.87. The molecule has 0 saturated heterocycles. The van der Waals surface area contributed by atoms with Gasteiger partial charge in [0.15, 0.2) is 17.5 Å². The first-order valence-corrected chi connectivity index (χ1v) is 11.9. The Bertz CT molecular complexity index is 1450. The zero-order chi connectivity index (χ0) is 28.1. The Morgan fingerprint density at radius 3 is 2.39 bits per heavy atom. The maximum atomic E-state index is 12.9. The molecule has 3 aromatic heterocycles. The number of carbonyl (C=O) groups excluding carboxylic acids is 4. The molecule has 38 heavy (non-hydrogen) atoms. The van der Waals surface area contributed by atoms with Gasteiger partial charge in [0.05, 0.1) is 21.7 Å². The lowest BCUT2D eigenvalue weighted by Gasteiger charge is -2.05. The van der Waals surface area contributed by atoms with Crippen molar-refractivity contribution in [2.75, 3.05) is 22.5 Å².